The second kappa shape index (κ2) is 7.60. The van der Waals surface area contributed by atoms with Crippen molar-refractivity contribution < 1.29 is 9.90 Å². The fraction of sp³-hybridized carbons (Fsp3) is 0.438. The molecule has 0 spiro atoms. The van der Waals surface area contributed by atoms with Crippen LogP contribution >= 0.6 is 0 Å². The van der Waals surface area contributed by atoms with Gasteiger partial charge in [0.05, 0.1) is 6.04 Å². The van der Waals surface area contributed by atoms with E-state index < -0.39 is 0 Å². The molecule has 0 radical (unpaired) electrons. The van der Waals surface area contributed by atoms with Crippen molar-refractivity contribution in [3.8, 4) is 11.8 Å². The lowest BCUT2D eigenvalue weighted by atomic mass is 10.0. The number of carbonyl (C=O) groups is 1. The van der Waals surface area contributed by atoms with E-state index in [1.54, 1.807) is 0 Å². The van der Waals surface area contributed by atoms with Crippen LogP contribution in [0.25, 0.3) is 0 Å². The molecule has 0 aromatic heterocycles. The Balaban J connectivity index is 2.67. The predicted octanol–water partition coefficient (Wildman–Crippen LogP) is 2.25. The third kappa shape index (κ3) is 4.76. The van der Waals surface area contributed by atoms with Crippen molar-refractivity contribution in [1.82, 2.24) is 5.32 Å². The van der Waals surface area contributed by atoms with Gasteiger partial charge in [-0.15, -0.1) is 0 Å². The van der Waals surface area contributed by atoms with Crippen molar-refractivity contribution in [3.63, 3.8) is 0 Å². The zero-order valence-corrected chi connectivity index (χ0v) is 11.7. The number of nitrogens with one attached hydrogen (secondary N) is 1. The first kappa shape index (κ1) is 15.3. The van der Waals surface area contributed by atoms with E-state index in [1.807, 2.05) is 45.0 Å². The van der Waals surface area contributed by atoms with Crippen molar-refractivity contribution >= 4 is 5.91 Å². The first-order valence-electron chi connectivity index (χ1n) is 6.58. The molecule has 19 heavy (non-hydrogen) atoms. The van der Waals surface area contributed by atoms with Crippen LogP contribution in [-0.2, 0) is 4.79 Å². The maximum atomic E-state index is 11.8. The molecule has 1 amide bonds. The van der Waals surface area contributed by atoms with Crippen LogP contribution in [0.5, 0.6) is 0 Å². The molecule has 3 heteroatoms. The van der Waals surface area contributed by atoms with Crippen LogP contribution in [0.2, 0.25) is 0 Å². The van der Waals surface area contributed by atoms with Crippen LogP contribution < -0.4 is 5.32 Å². The SMILES string of the molecule is CCC(C)C(=O)NC(C)c1ccc(C#CCO)cc1. The average molecular weight is 259 g/mol. The molecule has 102 valence electrons. The van der Waals surface area contributed by atoms with Crippen molar-refractivity contribution in [2.24, 2.45) is 5.92 Å². The Morgan fingerprint density at radius 3 is 2.47 bits per heavy atom. The van der Waals surface area contributed by atoms with E-state index in [0.717, 1.165) is 17.5 Å². The Morgan fingerprint density at radius 1 is 1.32 bits per heavy atom. The monoisotopic (exact) mass is 259 g/mol. The van der Waals surface area contributed by atoms with Crippen LogP contribution in [0.4, 0.5) is 0 Å². The Labute approximate surface area is 115 Å². The van der Waals surface area contributed by atoms with Gasteiger partial charge in [-0.25, -0.2) is 0 Å². The van der Waals surface area contributed by atoms with Gasteiger partial charge in [-0.3, -0.25) is 4.79 Å². The van der Waals surface area contributed by atoms with E-state index in [1.165, 1.54) is 0 Å². The predicted molar refractivity (Wildman–Crippen MR) is 76.4 cm³/mol. The number of hydrogen-bond donors (Lipinski definition) is 2. The van der Waals surface area contributed by atoms with Gasteiger partial charge in [-0.2, -0.15) is 0 Å². The summed E-state index contributed by atoms with van der Waals surface area (Å²) in [6.45, 7) is 5.76. The van der Waals surface area contributed by atoms with E-state index in [4.69, 9.17) is 5.11 Å². The van der Waals surface area contributed by atoms with Gasteiger partial charge in [-0.1, -0.05) is 37.8 Å². The Morgan fingerprint density at radius 2 is 1.95 bits per heavy atom. The fourth-order valence-electron chi connectivity index (χ4n) is 1.62. The molecule has 1 rings (SSSR count). The summed E-state index contributed by atoms with van der Waals surface area (Å²) in [6.07, 6.45) is 0.842. The molecule has 0 saturated carbocycles. The van der Waals surface area contributed by atoms with Crippen LogP contribution in [0.15, 0.2) is 24.3 Å². The summed E-state index contributed by atoms with van der Waals surface area (Å²) in [4.78, 5) is 11.8. The van der Waals surface area contributed by atoms with Crippen molar-refractivity contribution in [2.45, 2.75) is 33.2 Å². The lowest BCUT2D eigenvalue weighted by Gasteiger charge is -2.17. The zero-order chi connectivity index (χ0) is 14.3. The highest BCUT2D eigenvalue weighted by Crippen LogP contribution is 2.14. The number of rotatable bonds is 4. The summed E-state index contributed by atoms with van der Waals surface area (Å²) in [5, 5.41) is 11.6. The molecular weight excluding hydrogens is 238 g/mol. The van der Waals surface area contributed by atoms with Crippen LogP contribution in [0.1, 0.15) is 44.4 Å². The minimum absolute atomic E-state index is 0.0126. The van der Waals surface area contributed by atoms with Gasteiger partial charge >= 0.3 is 0 Å². The molecule has 2 N–H and O–H groups in total. The molecule has 0 aliphatic rings. The summed E-state index contributed by atoms with van der Waals surface area (Å²) in [5.74, 6) is 5.57. The van der Waals surface area contributed by atoms with Gasteiger partial charge < -0.3 is 10.4 Å². The molecular formula is C16H21NO2. The maximum Gasteiger partial charge on any atom is 0.223 e. The molecule has 2 atom stereocenters. The number of hydrogen-bond acceptors (Lipinski definition) is 2. The van der Waals surface area contributed by atoms with E-state index >= 15 is 0 Å². The zero-order valence-electron chi connectivity index (χ0n) is 11.7. The normalized spacial score (nSPS) is 13.1. The Kier molecular flexibility index (Phi) is 6.11. The van der Waals surface area contributed by atoms with Crippen molar-refractivity contribution in [3.05, 3.63) is 35.4 Å². The lowest BCUT2D eigenvalue weighted by molar-refractivity contribution is -0.125. The molecule has 0 saturated heterocycles. The highest BCUT2D eigenvalue weighted by atomic mass is 16.2. The second-order valence-corrected chi connectivity index (χ2v) is 4.62. The third-order valence-corrected chi connectivity index (χ3v) is 3.14. The topological polar surface area (TPSA) is 49.3 Å². The largest absolute Gasteiger partial charge is 0.384 e. The molecule has 2 unspecified atom stereocenters. The molecule has 0 aliphatic carbocycles. The van der Waals surface area contributed by atoms with E-state index in [0.29, 0.717) is 0 Å². The molecule has 0 heterocycles. The standard InChI is InChI=1S/C16H21NO2/c1-4-12(2)16(19)17-13(3)15-9-7-14(8-10-15)6-5-11-18/h7-10,12-13,18H,4,11H2,1-3H3,(H,17,19). The molecule has 0 fully saturated rings. The number of aliphatic hydroxyl groups is 1. The average Bonchev–Trinajstić information content (AvgIpc) is 2.44. The quantitative estimate of drug-likeness (QED) is 0.815. The third-order valence-electron chi connectivity index (χ3n) is 3.14. The second-order valence-electron chi connectivity index (χ2n) is 4.62. The van der Waals surface area contributed by atoms with Gasteiger partial charge in [-0.05, 0) is 31.0 Å². The summed E-state index contributed by atoms with van der Waals surface area (Å²) >= 11 is 0. The summed E-state index contributed by atoms with van der Waals surface area (Å²) in [5.41, 5.74) is 1.91. The van der Waals surface area contributed by atoms with E-state index in [2.05, 4.69) is 17.2 Å². The van der Waals surface area contributed by atoms with Gasteiger partial charge in [0.15, 0.2) is 0 Å². The fourth-order valence-corrected chi connectivity index (χ4v) is 1.62. The Hall–Kier alpha value is -1.79. The highest BCUT2D eigenvalue weighted by Gasteiger charge is 2.14. The highest BCUT2D eigenvalue weighted by molar-refractivity contribution is 5.78. The number of benzene rings is 1. The molecule has 0 aliphatic heterocycles. The first-order valence-corrected chi connectivity index (χ1v) is 6.58. The molecule has 0 bridgehead atoms. The van der Waals surface area contributed by atoms with Crippen molar-refractivity contribution in [2.75, 3.05) is 6.61 Å². The van der Waals surface area contributed by atoms with Crippen LogP contribution in [0.3, 0.4) is 0 Å². The van der Waals surface area contributed by atoms with Crippen LogP contribution in [0, 0.1) is 17.8 Å². The van der Waals surface area contributed by atoms with Gasteiger partial charge in [0, 0.05) is 11.5 Å². The van der Waals surface area contributed by atoms with Crippen LogP contribution in [-0.4, -0.2) is 17.6 Å². The van der Waals surface area contributed by atoms with Crippen molar-refractivity contribution in [1.29, 1.82) is 0 Å². The van der Waals surface area contributed by atoms with E-state index in [9.17, 15) is 4.79 Å². The lowest BCUT2D eigenvalue weighted by Crippen LogP contribution is -2.31. The summed E-state index contributed by atoms with van der Waals surface area (Å²) < 4.78 is 0. The number of amides is 1. The summed E-state index contributed by atoms with van der Waals surface area (Å²) in [6, 6.07) is 7.67. The van der Waals surface area contributed by atoms with Gasteiger partial charge in [0.25, 0.3) is 0 Å². The number of carbonyl (C=O) groups excluding carboxylic acids is 1. The molecule has 3 nitrogen and oxygen atoms in total. The maximum absolute atomic E-state index is 11.8. The number of aliphatic hydroxyl groups excluding tert-OH is 1. The molecule has 1 aromatic rings. The van der Waals surface area contributed by atoms with E-state index in [-0.39, 0.29) is 24.5 Å². The minimum atomic E-state index is -0.136. The summed E-state index contributed by atoms with van der Waals surface area (Å²) in [7, 11) is 0. The minimum Gasteiger partial charge on any atom is -0.384 e. The Bertz CT molecular complexity index is 468. The van der Waals surface area contributed by atoms with Gasteiger partial charge in [0.2, 0.25) is 5.91 Å². The van der Waals surface area contributed by atoms with Gasteiger partial charge in [0.1, 0.15) is 6.61 Å². The smallest absolute Gasteiger partial charge is 0.223 e. The molecule has 1 aromatic carbocycles. The first-order chi connectivity index (χ1) is 9.08.